The van der Waals surface area contributed by atoms with E-state index in [1.54, 1.807) is 24.3 Å². The molecule has 0 bridgehead atoms. The van der Waals surface area contributed by atoms with E-state index in [1.165, 1.54) is 6.26 Å². The molecule has 0 unspecified atom stereocenters. The summed E-state index contributed by atoms with van der Waals surface area (Å²) in [6.07, 6.45) is 1.20. The van der Waals surface area contributed by atoms with Gasteiger partial charge in [0.25, 0.3) is 0 Å². The second-order valence-corrected chi connectivity index (χ2v) is 7.90. The van der Waals surface area contributed by atoms with Crippen molar-refractivity contribution in [2.24, 2.45) is 0 Å². The fourth-order valence-corrected chi connectivity index (χ4v) is 3.07. The molecule has 0 radical (unpaired) electrons. The number of benzene rings is 2. The minimum Gasteiger partial charge on any atom is -0.356 e. The van der Waals surface area contributed by atoms with E-state index in [0.29, 0.717) is 10.0 Å². The Bertz CT molecular complexity index is 800. The van der Waals surface area contributed by atoms with E-state index in [2.05, 4.69) is 10.6 Å². The normalized spacial score (nSPS) is 12.5. The molecule has 0 saturated carbocycles. The lowest BCUT2D eigenvalue weighted by Gasteiger charge is -2.18. The van der Waals surface area contributed by atoms with Gasteiger partial charge in [-0.3, -0.25) is 0 Å². The number of para-hydroxylation sites is 1. The maximum Gasteiger partial charge on any atom is 0.175 e. The zero-order valence-corrected chi connectivity index (χ0v) is 15.0. The van der Waals surface area contributed by atoms with Crippen LogP contribution in [-0.4, -0.2) is 19.8 Å². The van der Waals surface area contributed by atoms with E-state index in [0.717, 1.165) is 16.8 Å². The third kappa shape index (κ3) is 4.77. The van der Waals surface area contributed by atoms with E-state index in [1.807, 2.05) is 38.1 Å². The summed E-state index contributed by atoms with van der Waals surface area (Å²) in [4.78, 5) is 0.314. The zero-order chi connectivity index (χ0) is 17.0. The molecule has 23 heavy (non-hydrogen) atoms. The van der Waals surface area contributed by atoms with Crippen LogP contribution in [0.15, 0.2) is 53.4 Å². The molecule has 0 heterocycles. The summed E-state index contributed by atoms with van der Waals surface area (Å²) in [5.74, 6) is 0. The van der Waals surface area contributed by atoms with E-state index in [-0.39, 0.29) is 6.04 Å². The average molecular weight is 348 g/mol. The largest absolute Gasteiger partial charge is 0.356 e. The van der Waals surface area contributed by atoms with Gasteiger partial charge in [0.15, 0.2) is 14.9 Å². The lowest BCUT2D eigenvalue weighted by atomic mass is 10.1. The van der Waals surface area contributed by atoms with Gasteiger partial charge in [0.1, 0.15) is 0 Å². The number of anilines is 1. The van der Waals surface area contributed by atoms with Crippen molar-refractivity contribution in [2.75, 3.05) is 11.6 Å². The predicted octanol–water partition coefficient (Wildman–Crippen LogP) is 3.45. The number of hydrogen-bond acceptors (Lipinski definition) is 3. The fourth-order valence-electron chi connectivity index (χ4n) is 2.16. The van der Waals surface area contributed by atoms with Crippen molar-refractivity contribution >= 4 is 32.9 Å². The zero-order valence-electron chi connectivity index (χ0n) is 13.3. The third-order valence-electron chi connectivity index (χ3n) is 3.55. The molecule has 0 spiro atoms. The highest BCUT2D eigenvalue weighted by Gasteiger charge is 2.10. The summed E-state index contributed by atoms with van der Waals surface area (Å²) in [6.45, 7) is 3.99. The number of thiocarbonyl (C=S) groups is 1. The molecule has 0 aliphatic carbocycles. The summed E-state index contributed by atoms with van der Waals surface area (Å²) in [7, 11) is -3.17. The van der Waals surface area contributed by atoms with Crippen molar-refractivity contribution in [3.63, 3.8) is 0 Å². The lowest BCUT2D eigenvalue weighted by molar-refractivity contribution is 0.601. The Morgan fingerprint density at radius 1 is 1.09 bits per heavy atom. The number of sulfone groups is 1. The molecule has 0 amide bonds. The standard InChI is InChI=1S/C17H20N2O2S2/c1-12-6-4-5-7-16(12)19-17(22)18-13(2)14-8-10-15(11-9-14)23(3,20)21/h4-11,13H,1-3H3,(H2,18,19,22)/t13-/m1/s1. The van der Waals surface area contributed by atoms with Gasteiger partial charge < -0.3 is 10.6 Å². The van der Waals surface area contributed by atoms with Gasteiger partial charge in [0.2, 0.25) is 0 Å². The minimum absolute atomic E-state index is 0.0346. The number of rotatable bonds is 4. The van der Waals surface area contributed by atoms with Crippen LogP contribution in [0.25, 0.3) is 0 Å². The molecule has 6 heteroatoms. The molecule has 122 valence electrons. The summed E-state index contributed by atoms with van der Waals surface area (Å²) in [5, 5.41) is 6.90. The van der Waals surface area contributed by atoms with E-state index in [4.69, 9.17) is 12.2 Å². The minimum atomic E-state index is -3.17. The van der Waals surface area contributed by atoms with Gasteiger partial charge in [-0.2, -0.15) is 0 Å². The number of nitrogens with one attached hydrogen (secondary N) is 2. The highest BCUT2D eigenvalue weighted by molar-refractivity contribution is 7.90. The smallest absolute Gasteiger partial charge is 0.175 e. The molecule has 1 atom stereocenters. The quantitative estimate of drug-likeness (QED) is 0.829. The van der Waals surface area contributed by atoms with Gasteiger partial charge in [-0.15, -0.1) is 0 Å². The molecule has 0 aromatic heterocycles. The van der Waals surface area contributed by atoms with Gasteiger partial charge in [-0.1, -0.05) is 30.3 Å². The van der Waals surface area contributed by atoms with Crippen LogP contribution >= 0.6 is 12.2 Å². The van der Waals surface area contributed by atoms with Crippen molar-refractivity contribution in [2.45, 2.75) is 24.8 Å². The Balaban J connectivity index is 2.02. The second-order valence-electron chi connectivity index (χ2n) is 5.48. The highest BCUT2D eigenvalue weighted by Crippen LogP contribution is 2.17. The molecule has 4 nitrogen and oxygen atoms in total. The lowest BCUT2D eigenvalue weighted by Crippen LogP contribution is -2.31. The molecule has 2 N–H and O–H groups in total. The third-order valence-corrected chi connectivity index (χ3v) is 4.90. The predicted molar refractivity (Wildman–Crippen MR) is 98.5 cm³/mol. The first kappa shape index (κ1) is 17.4. The van der Waals surface area contributed by atoms with Crippen LogP contribution in [0.1, 0.15) is 24.1 Å². The Kier molecular flexibility index (Phi) is 5.38. The summed E-state index contributed by atoms with van der Waals surface area (Å²) in [6, 6.07) is 14.7. The molecule has 2 aromatic carbocycles. The molecule has 0 aliphatic heterocycles. The van der Waals surface area contributed by atoms with Crippen molar-refractivity contribution < 1.29 is 8.42 Å². The molecule has 0 saturated heterocycles. The van der Waals surface area contributed by atoms with Crippen molar-refractivity contribution in [1.82, 2.24) is 5.32 Å². The van der Waals surface area contributed by atoms with Gasteiger partial charge >= 0.3 is 0 Å². The van der Waals surface area contributed by atoms with Crippen molar-refractivity contribution in [1.29, 1.82) is 0 Å². The molecule has 2 rings (SSSR count). The summed E-state index contributed by atoms with van der Waals surface area (Å²) in [5.41, 5.74) is 3.04. The fraction of sp³-hybridized carbons (Fsp3) is 0.235. The first-order valence-corrected chi connectivity index (χ1v) is 9.50. The van der Waals surface area contributed by atoms with Gasteiger partial charge in [0.05, 0.1) is 10.9 Å². The van der Waals surface area contributed by atoms with Gasteiger partial charge in [-0.05, 0) is 55.4 Å². The maximum absolute atomic E-state index is 11.5. The van der Waals surface area contributed by atoms with Crippen LogP contribution < -0.4 is 10.6 Å². The van der Waals surface area contributed by atoms with Crippen LogP contribution in [0.3, 0.4) is 0 Å². The monoisotopic (exact) mass is 348 g/mol. The van der Waals surface area contributed by atoms with Gasteiger partial charge in [-0.25, -0.2) is 8.42 Å². The summed E-state index contributed by atoms with van der Waals surface area (Å²) >= 11 is 5.34. The average Bonchev–Trinajstić information content (AvgIpc) is 2.49. The highest BCUT2D eigenvalue weighted by atomic mass is 32.2. The van der Waals surface area contributed by atoms with Crippen molar-refractivity contribution in [3.05, 3.63) is 59.7 Å². The van der Waals surface area contributed by atoms with Crippen LogP contribution in [0.5, 0.6) is 0 Å². The molecule has 0 aliphatic rings. The maximum atomic E-state index is 11.5. The second kappa shape index (κ2) is 7.10. The van der Waals surface area contributed by atoms with Gasteiger partial charge in [0, 0.05) is 11.9 Å². The van der Waals surface area contributed by atoms with Crippen LogP contribution in [-0.2, 0) is 9.84 Å². The molecule has 0 fully saturated rings. The van der Waals surface area contributed by atoms with E-state index in [9.17, 15) is 8.42 Å². The number of aryl methyl sites for hydroxylation is 1. The van der Waals surface area contributed by atoms with E-state index < -0.39 is 9.84 Å². The molecular formula is C17H20N2O2S2. The van der Waals surface area contributed by atoms with Crippen molar-refractivity contribution in [3.8, 4) is 0 Å². The van der Waals surface area contributed by atoms with Crippen LogP contribution in [0.2, 0.25) is 0 Å². The first-order valence-electron chi connectivity index (χ1n) is 7.20. The van der Waals surface area contributed by atoms with Crippen LogP contribution in [0.4, 0.5) is 5.69 Å². The van der Waals surface area contributed by atoms with E-state index >= 15 is 0 Å². The molecular weight excluding hydrogens is 328 g/mol. The Labute approximate surface area is 142 Å². The topological polar surface area (TPSA) is 58.2 Å². The SMILES string of the molecule is Cc1ccccc1NC(=S)N[C@H](C)c1ccc(S(C)(=O)=O)cc1. The molecule has 2 aromatic rings. The summed E-state index contributed by atoms with van der Waals surface area (Å²) < 4.78 is 23.0. The Hall–Kier alpha value is -1.92. The Morgan fingerprint density at radius 2 is 1.70 bits per heavy atom. The number of hydrogen-bond donors (Lipinski definition) is 2. The Morgan fingerprint density at radius 3 is 2.26 bits per heavy atom. The first-order chi connectivity index (χ1) is 10.8. The van der Waals surface area contributed by atoms with Crippen LogP contribution in [0, 0.1) is 6.92 Å².